The fourth-order valence-corrected chi connectivity index (χ4v) is 5.87. The van der Waals surface area contributed by atoms with Crippen LogP contribution >= 0.6 is 8.26 Å². The van der Waals surface area contributed by atoms with Crippen molar-refractivity contribution >= 4 is 64.1 Å². The predicted octanol–water partition coefficient (Wildman–Crippen LogP) is 0.352. The number of carboxylic acids is 2. The molecule has 0 rings (SSSR count). The summed E-state index contributed by atoms with van der Waals surface area (Å²) >= 11 is 16.7. The molecule has 0 saturated carbocycles. The van der Waals surface area contributed by atoms with E-state index in [1.165, 1.54) is 11.5 Å². The van der Waals surface area contributed by atoms with Crippen LogP contribution in [-0.2, 0) is 64.6 Å². The number of rotatable bonds is 12. The average molecular weight is 514 g/mol. The Morgan fingerprint density at radius 3 is 2.00 bits per heavy atom. The summed E-state index contributed by atoms with van der Waals surface area (Å²) in [6.45, 7) is 0.362. The van der Waals surface area contributed by atoms with Gasteiger partial charge in [0.2, 0.25) is 0 Å². The van der Waals surface area contributed by atoms with Crippen LogP contribution in [0.15, 0.2) is 0 Å². The first-order valence-electron chi connectivity index (χ1n) is 7.35. The molecule has 2 amide bonds. The second kappa shape index (κ2) is 19.0. The second-order valence-corrected chi connectivity index (χ2v) is 10.6. The van der Waals surface area contributed by atoms with Crippen LogP contribution in [0.2, 0.25) is 0 Å². The van der Waals surface area contributed by atoms with Crippen molar-refractivity contribution in [2.75, 3.05) is 35.3 Å². The first-order chi connectivity index (χ1) is 11.8. The zero-order valence-electron chi connectivity index (χ0n) is 13.6. The number of carboxylic acid groups (broad SMARTS) is 2. The van der Waals surface area contributed by atoms with Crippen LogP contribution in [0.25, 0.3) is 0 Å². The van der Waals surface area contributed by atoms with E-state index in [9.17, 15) is 14.4 Å². The van der Waals surface area contributed by atoms with Crippen LogP contribution < -0.4 is 10.6 Å². The number of amides is 2. The molecular weight excluding hydrogens is 490 g/mol. The van der Waals surface area contributed by atoms with Crippen molar-refractivity contribution in [3.05, 3.63) is 0 Å². The molecule has 0 aromatic heterocycles. The van der Waals surface area contributed by atoms with Gasteiger partial charge >= 0.3 is 91.6 Å². The van der Waals surface area contributed by atoms with Crippen molar-refractivity contribution in [3.8, 4) is 0 Å². The SMILES string of the molecule is O=C(O)CC[C@H](NC(=O)NCCC[S-])C(=O)O.[S-]CC[S](=[Tc+3])CC[S-]. The van der Waals surface area contributed by atoms with Crippen LogP contribution in [0.4, 0.5) is 4.79 Å². The molecule has 0 heterocycles. The van der Waals surface area contributed by atoms with Gasteiger partial charge in [-0.3, -0.25) is 4.79 Å². The Morgan fingerprint density at radius 1 is 1.04 bits per heavy atom. The summed E-state index contributed by atoms with van der Waals surface area (Å²) in [4.78, 5) is 32.2. The van der Waals surface area contributed by atoms with Gasteiger partial charge in [0.25, 0.3) is 0 Å². The second-order valence-electron chi connectivity index (χ2n) is 4.52. The number of urea groups is 1. The van der Waals surface area contributed by atoms with E-state index in [4.69, 9.17) is 35.5 Å². The van der Waals surface area contributed by atoms with Gasteiger partial charge in [0.15, 0.2) is 0 Å². The van der Waals surface area contributed by atoms with Crippen LogP contribution in [0.1, 0.15) is 19.3 Å². The van der Waals surface area contributed by atoms with Gasteiger partial charge in [-0.25, -0.2) is 9.59 Å². The van der Waals surface area contributed by atoms with Gasteiger partial charge in [0.05, 0.1) is 0 Å². The number of nitrogens with one attached hydrogen (secondary N) is 2. The van der Waals surface area contributed by atoms with E-state index in [-0.39, 0.29) is 12.8 Å². The minimum atomic E-state index is -1.26. The Morgan fingerprint density at radius 2 is 1.60 bits per heavy atom. The van der Waals surface area contributed by atoms with E-state index >= 15 is 0 Å². The van der Waals surface area contributed by atoms with Gasteiger partial charge in [0.1, 0.15) is 6.04 Å². The van der Waals surface area contributed by atoms with Crippen LogP contribution in [-0.4, -0.2) is 69.5 Å². The summed E-state index contributed by atoms with van der Waals surface area (Å²) in [6, 6.07) is -1.83. The number of hydrogen-bond acceptors (Lipinski definition) is 6. The summed E-state index contributed by atoms with van der Waals surface area (Å²) in [7, 11) is 0.492. The summed E-state index contributed by atoms with van der Waals surface area (Å²) in [5.74, 6) is 2.26. The number of hydrogen-bond donors (Lipinski definition) is 4. The number of carbonyl (C=O) groups is 3. The van der Waals surface area contributed by atoms with Crippen molar-refractivity contribution in [2.24, 2.45) is 0 Å². The normalized spacial score (nSPS) is 11.2. The minimum absolute atomic E-state index is 0.154. The van der Waals surface area contributed by atoms with E-state index in [0.717, 1.165) is 11.5 Å². The van der Waals surface area contributed by atoms with Gasteiger partial charge in [-0.15, -0.1) is 0 Å². The van der Waals surface area contributed by atoms with E-state index in [1.54, 1.807) is 0 Å². The number of aliphatic carboxylic acids is 2. The van der Waals surface area contributed by atoms with Crippen molar-refractivity contribution in [2.45, 2.75) is 25.3 Å². The zero-order valence-corrected chi connectivity index (χ0v) is 18.7. The molecule has 0 aromatic rings. The molecule has 0 fully saturated rings. The molecule has 0 aliphatic heterocycles. The van der Waals surface area contributed by atoms with Crippen molar-refractivity contribution in [1.82, 2.24) is 10.6 Å². The first kappa shape index (κ1) is 27.5. The maximum absolute atomic E-state index is 11.2. The molecule has 146 valence electrons. The molecule has 0 saturated heterocycles. The summed E-state index contributed by atoms with van der Waals surface area (Å²) in [6.07, 6.45) is 0.151. The quantitative estimate of drug-likeness (QED) is 0.218. The topological polar surface area (TPSA) is 116 Å². The molecule has 25 heavy (non-hydrogen) atoms. The molecule has 0 unspecified atom stereocenters. The zero-order chi connectivity index (χ0) is 19.7. The summed E-state index contributed by atoms with van der Waals surface area (Å²) < 4.78 is 0. The van der Waals surface area contributed by atoms with Crippen molar-refractivity contribution in [3.63, 3.8) is 0 Å². The summed E-state index contributed by atoms with van der Waals surface area (Å²) in [5, 5.41) is 21.8. The van der Waals surface area contributed by atoms with Gasteiger partial charge in [0, 0.05) is 13.0 Å². The molecule has 12 heteroatoms. The predicted molar refractivity (Wildman–Crippen MR) is 103 cm³/mol. The molecule has 0 spiro atoms. The van der Waals surface area contributed by atoms with Crippen molar-refractivity contribution in [1.29, 1.82) is 0 Å². The van der Waals surface area contributed by atoms with Crippen LogP contribution in [0, 0.1) is 0 Å². The van der Waals surface area contributed by atoms with Crippen LogP contribution in [0.5, 0.6) is 0 Å². The third-order valence-corrected chi connectivity index (χ3v) is 7.25. The fourth-order valence-electron chi connectivity index (χ4n) is 1.29. The standard InChI is InChI=1S/C9H16N2O5S.C4H10S3.Tc/c12-7(13)3-2-6(8(14)15)11-9(16)10-4-1-5-17;5-1-3-7-4-2-6;/h6,17H,1-5H2,(H,12,13)(H,14,15)(H2,10,11,16);5-6H,1-4H2;/q;;+3/p-3/t6-;;/m0../s1. The van der Waals surface area contributed by atoms with Crippen molar-refractivity contribution < 1.29 is 41.7 Å². The maximum atomic E-state index is 11.2. The fraction of sp³-hybridized carbons (Fsp3) is 0.769. The molecule has 7 nitrogen and oxygen atoms in total. The van der Waals surface area contributed by atoms with Gasteiger partial charge in [-0.05, 0) is 6.42 Å². The van der Waals surface area contributed by atoms with E-state index in [0.29, 0.717) is 27.0 Å². The third kappa shape index (κ3) is 20.4. The molecule has 0 aromatic carbocycles. The van der Waals surface area contributed by atoms with Gasteiger partial charge in [-0.2, -0.15) is 5.75 Å². The van der Waals surface area contributed by atoms with Crippen LogP contribution in [0.3, 0.4) is 0 Å². The monoisotopic (exact) mass is 512 g/mol. The van der Waals surface area contributed by atoms with Gasteiger partial charge in [-0.1, -0.05) is 6.42 Å². The first-order valence-corrected chi connectivity index (χ1v) is 12.8. The molecular formula is C13H23N2O5S4Tc. The van der Waals surface area contributed by atoms with Gasteiger partial charge < -0.3 is 33.5 Å². The third-order valence-electron chi connectivity index (χ3n) is 2.47. The molecule has 0 radical (unpaired) electrons. The summed E-state index contributed by atoms with van der Waals surface area (Å²) in [5.41, 5.74) is 0. The molecule has 0 aliphatic rings. The van der Waals surface area contributed by atoms with E-state index in [2.05, 4.69) is 40.4 Å². The number of carbonyl (C=O) groups excluding carboxylic acids is 1. The van der Waals surface area contributed by atoms with E-state index < -0.39 is 24.0 Å². The molecule has 0 bridgehead atoms. The molecule has 1 atom stereocenters. The molecule has 0 aliphatic carbocycles. The average Bonchev–Trinajstić information content (AvgIpc) is 2.52. The molecule has 4 N–H and O–H groups in total. The Balaban J connectivity index is 0. The Kier molecular flexibility index (Phi) is 20.9. The Labute approximate surface area is 176 Å². The Bertz CT molecular complexity index is 421. The van der Waals surface area contributed by atoms with E-state index in [1.807, 2.05) is 0 Å². The Hall–Kier alpha value is 0.259.